The standard InChI is InChI=1S/C19H22ClN3O4/c1-12-18(19(26)22-7-8-27-15(11-22)9-17(24)25)13(2)23(21-12)10-14-5-3-4-6-16(14)20/h3-6,15H,7-11H2,1-2H3,(H,24,25). The number of morpholine rings is 1. The summed E-state index contributed by atoms with van der Waals surface area (Å²) in [5.41, 5.74) is 2.89. The van der Waals surface area contributed by atoms with E-state index in [1.165, 1.54) is 0 Å². The van der Waals surface area contributed by atoms with Crippen LogP contribution in [-0.2, 0) is 16.1 Å². The van der Waals surface area contributed by atoms with Crippen LogP contribution in [0.25, 0.3) is 0 Å². The van der Waals surface area contributed by atoms with Gasteiger partial charge in [-0.3, -0.25) is 14.3 Å². The van der Waals surface area contributed by atoms with Gasteiger partial charge in [0.25, 0.3) is 5.91 Å². The van der Waals surface area contributed by atoms with Crippen LogP contribution in [0.4, 0.5) is 0 Å². The number of amides is 1. The molecule has 0 bridgehead atoms. The predicted octanol–water partition coefficient (Wildman–Crippen LogP) is 2.52. The van der Waals surface area contributed by atoms with Crippen molar-refractivity contribution in [3.05, 3.63) is 51.8 Å². The Morgan fingerprint density at radius 3 is 2.78 bits per heavy atom. The minimum atomic E-state index is -0.936. The zero-order chi connectivity index (χ0) is 19.6. The van der Waals surface area contributed by atoms with Crippen molar-refractivity contribution >= 4 is 23.5 Å². The second kappa shape index (κ2) is 8.10. The number of carbonyl (C=O) groups is 2. The summed E-state index contributed by atoms with van der Waals surface area (Å²) in [7, 11) is 0. The van der Waals surface area contributed by atoms with E-state index in [9.17, 15) is 9.59 Å². The molecule has 0 aliphatic carbocycles. The fourth-order valence-corrected chi connectivity index (χ4v) is 3.52. The second-order valence-corrected chi connectivity index (χ2v) is 7.04. The molecule has 1 fully saturated rings. The Kier molecular flexibility index (Phi) is 5.82. The minimum Gasteiger partial charge on any atom is -0.481 e. The third-order valence-corrected chi connectivity index (χ3v) is 5.07. The number of ether oxygens (including phenoxy) is 1. The number of benzene rings is 1. The van der Waals surface area contributed by atoms with Gasteiger partial charge in [0.2, 0.25) is 0 Å². The number of nitrogens with zero attached hydrogens (tertiary/aromatic N) is 3. The van der Waals surface area contributed by atoms with Gasteiger partial charge in [0.1, 0.15) is 0 Å². The Labute approximate surface area is 162 Å². The van der Waals surface area contributed by atoms with Gasteiger partial charge in [-0.1, -0.05) is 29.8 Å². The Morgan fingerprint density at radius 2 is 2.07 bits per heavy atom. The van der Waals surface area contributed by atoms with Gasteiger partial charge in [0.15, 0.2) is 0 Å². The summed E-state index contributed by atoms with van der Waals surface area (Å²) in [5.74, 6) is -1.08. The lowest BCUT2D eigenvalue weighted by Crippen LogP contribution is -2.46. The molecule has 2 aromatic rings. The van der Waals surface area contributed by atoms with E-state index >= 15 is 0 Å². The lowest BCUT2D eigenvalue weighted by molar-refractivity contribution is -0.141. The maximum Gasteiger partial charge on any atom is 0.306 e. The first kappa shape index (κ1) is 19.4. The lowest BCUT2D eigenvalue weighted by Gasteiger charge is -2.32. The SMILES string of the molecule is Cc1nn(Cc2ccccc2Cl)c(C)c1C(=O)N1CCOC(CC(=O)O)C1. The van der Waals surface area contributed by atoms with Crippen LogP contribution in [0.1, 0.15) is 33.7 Å². The molecule has 3 rings (SSSR count). The summed E-state index contributed by atoms with van der Waals surface area (Å²) in [5, 5.41) is 14.1. The molecule has 7 nitrogen and oxygen atoms in total. The van der Waals surface area contributed by atoms with Gasteiger partial charge in [-0.05, 0) is 25.5 Å². The Bertz CT molecular complexity index is 865. The quantitative estimate of drug-likeness (QED) is 0.846. The topological polar surface area (TPSA) is 84.7 Å². The van der Waals surface area contributed by atoms with Gasteiger partial charge >= 0.3 is 5.97 Å². The van der Waals surface area contributed by atoms with E-state index in [0.29, 0.717) is 36.0 Å². The van der Waals surface area contributed by atoms with Crippen LogP contribution < -0.4 is 0 Å². The summed E-state index contributed by atoms with van der Waals surface area (Å²) in [6.07, 6.45) is -0.605. The number of aromatic nitrogens is 2. The third kappa shape index (κ3) is 4.31. The molecule has 1 aromatic heterocycles. The van der Waals surface area contributed by atoms with E-state index in [1.54, 1.807) is 16.5 Å². The summed E-state index contributed by atoms with van der Waals surface area (Å²) in [6, 6.07) is 7.53. The largest absolute Gasteiger partial charge is 0.481 e. The van der Waals surface area contributed by atoms with E-state index in [0.717, 1.165) is 11.3 Å². The van der Waals surface area contributed by atoms with Crippen molar-refractivity contribution in [3.8, 4) is 0 Å². The molecule has 0 radical (unpaired) electrons. The summed E-state index contributed by atoms with van der Waals surface area (Å²) < 4.78 is 7.23. The van der Waals surface area contributed by atoms with Gasteiger partial charge in [-0.2, -0.15) is 5.10 Å². The van der Waals surface area contributed by atoms with Crippen LogP contribution >= 0.6 is 11.6 Å². The van der Waals surface area contributed by atoms with Crippen molar-refractivity contribution in [3.63, 3.8) is 0 Å². The average Bonchev–Trinajstić information content (AvgIpc) is 2.89. The normalized spacial score (nSPS) is 17.1. The number of rotatable bonds is 5. The highest BCUT2D eigenvalue weighted by Crippen LogP contribution is 2.21. The number of aryl methyl sites for hydroxylation is 1. The van der Waals surface area contributed by atoms with Crippen molar-refractivity contribution in [1.82, 2.24) is 14.7 Å². The molecule has 1 amide bonds. The molecule has 1 N–H and O–H groups in total. The summed E-state index contributed by atoms with van der Waals surface area (Å²) in [6.45, 7) is 5.17. The Morgan fingerprint density at radius 1 is 1.33 bits per heavy atom. The fourth-order valence-electron chi connectivity index (χ4n) is 3.33. The summed E-state index contributed by atoms with van der Waals surface area (Å²) >= 11 is 6.24. The number of carbonyl (C=O) groups excluding carboxylic acids is 1. The first-order chi connectivity index (χ1) is 12.9. The average molecular weight is 392 g/mol. The van der Waals surface area contributed by atoms with E-state index < -0.39 is 12.1 Å². The molecule has 1 aliphatic rings. The monoisotopic (exact) mass is 391 g/mol. The van der Waals surface area contributed by atoms with Crippen molar-refractivity contribution in [2.75, 3.05) is 19.7 Å². The van der Waals surface area contributed by atoms with Gasteiger partial charge in [-0.25, -0.2) is 0 Å². The van der Waals surface area contributed by atoms with Gasteiger partial charge in [-0.15, -0.1) is 0 Å². The van der Waals surface area contributed by atoms with E-state index in [4.69, 9.17) is 21.4 Å². The van der Waals surface area contributed by atoms with Crippen LogP contribution in [0.2, 0.25) is 5.02 Å². The number of carboxylic acid groups (broad SMARTS) is 1. The highest BCUT2D eigenvalue weighted by molar-refractivity contribution is 6.31. The zero-order valence-corrected chi connectivity index (χ0v) is 16.1. The number of aliphatic carboxylic acids is 1. The van der Waals surface area contributed by atoms with E-state index in [2.05, 4.69) is 5.10 Å². The molecule has 8 heteroatoms. The molecule has 144 valence electrons. The van der Waals surface area contributed by atoms with Crippen molar-refractivity contribution in [2.24, 2.45) is 0 Å². The first-order valence-corrected chi connectivity index (χ1v) is 9.14. The number of halogens is 1. The van der Waals surface area contributed by atoms with Crippen molar-refractivity contribution in [2.45, 2.75) is 32.9 Å². The fraction of sp³-hybridized carbons (Fsp3) is 0.421. The van der Waals surface area contributed by atoms with Crippen LogP contribution in [0.5, 0.6) is 0 Å². The van der Waals surface area contributed by atoms with Crippen LogP contribution in [0.3, 0.4) is 0 Å². The Balaban J connectivity index is 1.80. The molecular weight excluding hydrogens is 370 g/mol. The smallest absolute Gasteiger partial charge is 0.306 e. The van der Waals surface area contributed by atoms with Crippen LogP contribution in [0.15, 0.2) is 24.3 Å². The molecule has 27 heavy (non-hydrogen) atoms. The van der Waals surface area contributed by atoms with E-state index in [1.807, 2.05) is 31.2 Å². The third-order valence-electron chi connectivity index (χ3n) is 4.70. The highest BCUT2D eigenvalue weighted by atomic mass is 35.5. The molecule has 1 aromatic carbocycles. The van der Waals surface area contributed by atoms with Crippen LogP contribution in [0, 0.1) is 13.8 Å². The number of hydrogen-bond acceptors (Lipinski definition) is 4. The zero-order valence-electron chi connectivity index (χ0n) is 15.3. The predicted molar refractivity (Wildman–Crippen MR) is 100 cm³/mol. The van der Waals surface area contributed by atoms with Gasteiger partial charge in [0, 0.05) is 23.8 Å². The molecule has 0 spiro atoms. The van der Waals surface area contributed by atoms with Gasteiger partial charge in [0.05, 0.1) is 36.9 Å². The first-order valence-electron chi connectivity index (χ1n) is 8.77. The van der Waals surface area contributed by atoms with Crippen molar-refractivity contribution in [1.29, 1.82) is 0 Å². The molecule has 1 saturated heterocycles. The Hall–Kier alpha value is -2.38. The lowest BCUT2D eigenvalue weighted by atomic mass is 10.1. The van der Waals surface area contributed by atoms with E-state index in [-0.39, 0.29) is 18.9 Å². The summed E-state index contributed by atoms with van der Waals surface area (Å²) in [4.78, 5) is 25.6. The van der Waals surface area contributed by atoms with Crippen molar-refractivity contribution < 1.29 is 19.4 Å². The second-order valence-electron chi connectivity index (χ2n) is 6.64. The number of hydrogen-bond donors (Lipinski definition) is 1. The van der Waals surface area contributed by atoms with Gasteiger partial charge < -0.3 is 14.7 Å². The molecular formula is C19H22ClN3O4. The molecule has 2 heterocycles. The molecule has 1 aliphatic heterocycles. The molecule has 1 unspecified atom stereocenters. The maximum absolute atomic E-state index is 13.0. The maximum atomic E-state index is 13.0. The highest BCUT2D eigenvalue weighted by Gasteiger charge is 2.29. The number of carboxylic acids is 1. The van der Waals surface area contributed by atoms with Crippen LogP contribution in [-0.4, -0.2) is 57.5 Å². The molecule has 1 atom stereocenters. The molecule has 0 saturated carbocycles. The minimum absolute atomic E-state index is 0.118.